The first-order valence-electron chi connectivity index (χ1n) is 10.2. The number of carbonyl (C=O) groups excluding carboxylic acids is 1. The SMILES string of the molecule is COc1ccc(-c2cc(=O)n(CC(=O)NC(c3ccccc3)c3ccccc3)cn2)cc1. The van der Waals surface area contributed by atoms with Crippen LogP contribution in [0.5, 0.6) is 5.75 Å². The Balaban J connectivity index is 1.51. The molecule has 1 N–H and O–H groups in total. The van der Waals surface area contributed by atoms with Crippen molar-refractivity contribution < 1.29 is 9.53 Å². The molecule has 3 aromatic carbocycles. The zero-order chi connectivity index (χ0) is 22.3. The number of aromatic nitrogens is 2. The summed E-state index contributed by atoms with van der Waals surface area (Å²) in [4.78, 5) is 29.8. The maximum absolute atomic E-state index is 12.8. The minimum absolute atomic E-state index is 0.120. The number of hydrogen-bond donors (Lipinski definition) is 1. The monoisotopic (exact) mass is 425 g/mol. The van der Waals surface area contributed by atoms with Crippen molar-refractivity contribution in [3.05, 3.63) is 119 Å². The van der Waals surface area contributed by atoms with Crippen molar-refractivity contribution in [3.8, 4) is 17.0 Å². The number of rotatable bonds is 7. The Morgan fingerprint density at radius 1 is 0.938 bits per heavy atom. The Hall–Kier alpha value is -4.19. The van der Waals surface area contributed by atoms with Crippen LogP contribution >= 0.6 is 0 Å². The van der Waals surface area contributed by atoms with Gasteiger partial charge in [-0.05, 0) is 35.4 Å². The molecule has 0 aliphatic carbocycles. The minimum atomic E-state index is -0.313. The number of nitrogens with zero attached hydrogens (tertiary/aromatic N) is 2. The van der Waals surface area contributed by atoms with Crippen molar-refractivity contribution in [1.82, 2.24) is 14.9 Å². The zero-order valence-corrected chi connectivity index (χ0v) is 17.6. The highest BCUT2D eigenvalue weighted by Crippen LogP contribution is 2.22. The van der Waals surface area contributed by atoms with Gasteiger partial charge in [-0.25, -0.2) is 4.98 Å². The normalized spacial score (nSPS) is 10.7. The molecule has 160 valence electrons. The lowest BCUT2D eigenvalue weighted by Crippen LogP contribution is -2.35. The lowest BCUT2D eigenvalue weighted by Gasteiger charge is -2.20. The standard InChI is InChI=1S/C26H23N3O3/c1-32-22-14-12-19(13-15-22)23-16-25(31)29(18-27-23)17-24(30)28-26(20-8-4-2-5-9-20)21-10-6-3-7-11-21/h2-16,18,26H,17H2,1H3,(H,28,30). The molecule has 4 rings (SSSR count). The van der Waals surface area contributed by atoms with Gasteiger partial charge in [0.25, 0.3) is 5.56 Å². The van der Waals surface area contributed by atoms with Gasteiger partial charge in [0.2, 0.25) is 5.91 Å². The molecular weight excluding hydrogens is 402 g/mol. The summed E-state index contributed by atoms with van der Waals surface area (Å²) in [5, 5.41) is 3.04. The van der Waals surface area contributed by atoms with E-state index in [1.54, 1.807) is 7.11 Å². The largest absolute Gasteiger partial charge is 0.497 e. The van der Waals surface area contributed by atoms with Crippen molar-refractivity contribution >= 4 is 5.91 Å². The van der Waals surface area contributed by atoms with E-state index in [4.69, 9.17) is 4.74 Å². The topological polar surface area (TPSA) is 73.2 Å². The van der Waals surface area contributed by atoms with Gasteiger partial charge in [-0.1, -0.05) is 60.7 Å². The summed E-state index contributed by atoms with van der Waals surface area (Å²) in [6.45, 7) is -0.120. The van der Waals surface area contributed by atoms with Crippen molar-refractivity contribution in [2.24, 2.45) is 0 Å². The molecule has 0 spiro atoms. The molecule has 0 aliphatic heterocycles. The van der Waals surface area contributed by atoms with Crippen molar-refractivity contribution in [2.75, 3.05) is 7.11 Å². The van der Waals surface area contributed by atoms with Crippen LogP contribution in [0.4, 0.5) is 0 Å². The van der Waals surface area contributed by atoms with Crippen LogP contribution in [0.25, 0.3) is 11.3 Å². The lowest BCUT2D eigenvalue weighted by atomic mass is 9.99. The van der Waals surface area contributed by atoms with Crippen molar-refractivity contribution in [2.45, 2.75) is 12.6 Å². The minimum Gasteiger partial charge on any atom is -0.497 e. The predicted molar refractivity (Wildman–Crippen MR) is 123 cm³/mol. The van der Waals surface area contributed by atoms with E-state index in [1.807, 2.05) is 84.9 Å². The van der Waals surface area contributed by atoms with E-state index in [1.165, 1.54) is 17.0 Å². The van der Waals surface area contributed by atoms with E-state index in [0.717, 1.165) is 22.4 Å². The molecule has 0 radical (unpaired) electrons. The molecule has 0 bridgehead atoms. The number of methoxy groups -OCH3 is 1. The summed E-state index contributed by atoms with van der Waals surface area (Å²) in [6.07, 6.45) is 1.40. The van der Waals surface area contributed by atoms with E-state index >= 15 is 0 Å². The Labute approximate surface area is 186 Å². The Kier molecular flexibility index (Phi) is 6.41. The second kappa shape index (κ2) is 9.75. The van der Waals surface area contributed by atoms with E-state index in [0.29, 0.717) is 5.69 Å². The summed E-state index contributed by atoms with van der Waals surface area (Å²) < 4.78 is 6.46. The van der Waals surface area contributed by atoms with Crippen LogP contribution in [0.1, 0.15) is 17.2 Å². The highest BCUT2D eigenvalue weighted by molar-refractivity contribution is 5.77. The molecule has 6 nitrogen and oxygen atoms in total. The second-order valence-electron chi connectivity index (χ2n) is 7.29. The van der Waals surface area contributed by atoms with E-state index in [2.05, 4.69) is 10.3 Å². The Bertz CT molecular complexity index is 1200. The van der Waals surface area contributed by atoms with Crippen molar-refractivity contribution in [3.63, 3.8) is 0 Å². The molecule has 0 aliphatic rings. The summed E-state index contributed by atoms with van der Waals surface area (Å²) in [6, 6.07) is 27.9. The average molecular weight is 425 g/mol. The van der Waals surface area contributed by atoms with Crippen LogP contribution in [-0.4, -0.2) is 22.6 Å². The van der Waals surface area contributed by atoms with Crippen molar-refractivity contribution in [1.29, 1.82) is 0 Å². The first-order chi connectivity index (χ1) is 15.6. The number of benzene rings is 3. The molecule has 6 heteroatoms. The highest BCUT2D eigenvalue weighted by Gasteiger charge is 2.17. The number of ether oxygens (including phenoxy) is 1. The molecular formula is C26H23N3O3. The van der Waals surface area contributed by atoms with E-state index in [9.17, 15) is 9.59 Å². The quantitative estimate of drug-likeness (QED) is 0.489. The molecule has 32 heavy (non-hydrogen) atoms. The number of amides is 1. The van der Waals surface area contributed by atoms with E-state index in [-0.39, 0.29) is 24.1 Å². The van der Waals surface area contributed by atoms with Crippen LogP contribution in [0, 0.1) is 0 Å². The molecule has 1 heterocycles. The van der Waals surface area contributed by atoms with Gasteiger partial charge in [-0.3, -0.25) is 14.2 Å². The van der Waals surface area contributed by atoms with Crippen LogP contribution in [0.15, 0.2) is 102 Å². The number of nitrogens with one attached hydrogen (secondary N) is 1. The maximum Gasteiger partial charge on any atom is 0.254 e. The molecule has 0 saturated carbocycles. The van der Waals surface area contributed by atoms with Crippen LogP contribution in [0.3, 0.4) is 0 Å². The number of hydrogen-bond acceptors (Lipinski definition) is 4. The number of carbonyl (C=O) groups is 1. The third-order valence-corrected chi connectivity index (χ3v) is 5.15. The molecule has 1 aromatic heterocycles. The predicted octanol–water partition coefficient (Wildman–Crippen LogP) is 3.82. The van der Waals surface area contributed by atoms with Gasteiger partial charge < -0.3 is 10.1 Å². The third kappa shape index (κ3) is 4.92. The smallest absolute Gasteiger partial charge is 0.254 e. The highest BCUT2D eigenvalue weighted by atomic mass is 16.5. The molecule has 0 unspecified atom stereocenters. The van der Waals surface area contributed by atoms with E-state index < -0.39 is 0 Å². The van der Waals surface area contributed by atoms with Gasteiger partial charge in [-0.2, -0.15) is 0 Å². The van der Waals surface area contributed by atoms with Gasteiger partial charge in [-0.15, -0.1) is 0 Å². The summed E-state index contributed by atoms with van der Waals surface area (Å²) in [5.74, 6) is 0.453. The maximum atomic E-state index is 12.8. The first kappa shape index (κ1) is 21.1. The van der Waals surface area contributed by atoms with Gasteiger partial charge >= 0.3 is 0 Å². The third-order valence-electron chi connectivity index (χ3n) is 5.15. The second-order valence-corrected chi connectivity index (χ2v) is 7.29. The zero-order valence-electron chi connectivity index (χ0n) is 17.6. The molecule has 0 atom stereocenters. The van der Waals surface area contributed by atoms with Crippen LogP contribution in [-0.2, 0) is 11.3 Å². The Morgan fingerprint density at radius 2 is 1.53 bits per heavy atom. The summed E-state index contributed by atoms with van der Waals surface area (Å²) in [5.41, 5.74) is 2.98. The van der Waals surface area contributed by atoms with Gasteiger partial charge in [0.05, 0.1) is 25.2 Å². The van der Waals surface area contributed by atoms with Gasteiger partial charge in [0, 0.05) is 11.6 Å². The molecule has 0 saturated heterocycles. The molecule has 4 aromatic rings. The van der Waals surface area contributed by atoms with Crippen LogP contribution < -0.4 is 15.6 Å². The Morgan fingerprint density at radius 3 is 2.06 bits per heavy atom. The fourth-order valence-corrected chi connectivity index (χ4v) is 3.48. The average Bonchev–Trinajstić information content (AvgIpc) is 2.85. The van der Waals surface area contributed by atoms with Gasteiger partial charge in [0.1, 0.15) is 12.3 Å². The fourth-order valence-electron chi connectivity index (χ4n) is 3.48. The summed E-state index contributed by atoms with van der Waals surface area (Å²) in [7, 11) is 1.60. The van der Waals surface area contributed by atoms with Crippen LogP contribution in [0.2, 0.25) is 0 Å². The fraction of sp³-hybridized carbons (Fsp3) is 0.115. The molecule has 0 fully saturated rings. The molecule has 1 amide bonds. The first-order valence-corrected chi connectivity index (χ1v) is 10.2. The lowest BCUT2D eigenvalue weighted by molar-refractivity contribution is -0.122. The summed E-state index contributed by atoms with van der Waals surface area (Å²) >= 11 is 0. The van der Waals surface area contributed by atoms with Gasteiger partial charge in [0.15, 0.2) is 0 Å².